The zero-order valence-electron chi connectivity index (χ0n) is 16.8. The van der Waals surface area contributed by atoms with Crippen LogP contribution in [0.4, 0.5) is 4.39 Å². The fourth-order valence-corrected chi connectivity index (χ4v) is 3.83. The Morgan fingerprint density at radius 1 is 1.33 bits per heavy atom. The normalized spacial score (nSPS) is 26.1. The first-order valence-electron chi connectivity index (χ1n) is 9.42. The van der Waals surface area contributed by atoms with Gasteiger partial charge in [0.2, 0.25) is 17.7 Å². The van der Waals surface area contributed by atoms with Crippen molar-refractivity contribution in [2.45, 2.75) is 25.0 Å². The maximum Gasteiger partial charge on any atom is 0.241 e. The van der Waals surface area contributed by atoms with E-state index in [1.807, 2.05) is 6.92 Å². The molecule has 0 spiro atoms. The Labute approximate surface area is 172 Å². The smallest absolute Gasteiger partial charge is 0.241 e. The molecular formula is C20H22FN5O4. The molecule has 1 amide bonds. The first-order chi connectivity index (χ1) is 14.3. The quantitative estimate of drug-likeness (QED) is 0.811. The minimum atomic E-state index is -1.27. The highest BCUT2D eigenvalue weighted by atomic mass is 19.1. The van der Waals surface area contributed by atoms with Gasteiger partial charge in [-0.3, -0.25) is 14.7 Å². The van der Waals surface area contributed by atoms with Gasteiger partial charge in [0.25, 0.3) is 0 Å². The molecule has 1 fully saturated rings. The average Bonchev–Trinajstić information content (AvgIpc) is 2.74. The van der Waals surface area contributed by atoms with Crippen LogP contribution < -0.4 is 15.2 Å². The standard InChI is InChI=1S/C20H22FN5O4/c1-11-6-14-18(27)26(2)19(22)25-20(14,10-29-11)13-7-12(4-5-15(13)21)30-17-9-23-8-16(24-17)28-3/h4-5,7-9,11,14H,6,10H2,1-3H3,(H2,22,25)/t11-,14-,20+/m0/s1. The fraction of sp³-hybridized carbons (Fsp3) is 0.400. The molecule has 1 aromatic heterocycles. The number of nitrogens with zero attached hydrogens (tertiary/aromatic N) is 4. The summed E-state index contributed by atoms with van der Waals surface area (Å²) < 4.78 is 31.6. The number of carbonyl (C=O) groups is 1. The number of hydrogen-bond acceptors (Lipinski definition) is 8. The number of fused-ring (bicyclic) bond motifs is 1. The van der Waals surface area contributed by atoms with Crippen molar-refractivity contribution >= 4 is 11.9 Å². The van der Waals surface area contributed by atoms with Crippen LogP contribution in [0.3, 0.4) is 0 Å². The molecule has 0 bridgehead atoms. The van der Waals surface area contributed by atoms with E-state index in [1.165, 1.54) is 42.6 Å². The minimum Gasteiger partial charge on any atom is -0.480 e. The van der Waals surface area contributed by atoms with Crippen LogP contribution in [0.25, 0.3) is 0 Å². The number of nitrogens with two attached hydrogens (primary N) is 1. The van der Waals surface area contributed by atoms with E-state index >= 15 is 4.39 Å². The van der Waals surface area contributed by atoms with Gasteiger partial charge in [0.05, 0.1) is 38.1 Å². The molecule has 1 saturated heterocycles. The molecule has 0 saturated carbocycles. The van der Waals surface area contributed by atoms with Crippen molar-refractivity contribution in [3.05, 3.63) is 42.0 Å². The van der Waals surface area contributed by atoms with Crippen LogP contribution in [0.15, 0.2) is 35.6 Å². The molecule has 2 aliphatic rings. The van der Waals surface area contributed by atoms with Gasteiger partial charge in [-0.15, -0.1) is 0 Å². The van der Waals surface area contributed by atoms with E-state index in [-0.39, 0.29) is 41.9 Å². The lowest BCUT2D eigenvalue weighted by Gasteiger charge is -2.46. The van der Waals surface area contributed by atoms with Gasteiger partial charge in [0.1, 0.15) is 17.1 Å². The van der Waals surface area contributed by atoms with Crippen LogP contribution >= 0.6 is 0 Å². The predicted octanol–water partition coefficient (Wildman–Crippen LogP) is 1.82. The van der Waals surface area contributed by atoms with Gasteiger partial charge in [0.15, 0.2) is 5.96 Å². The van der Waals surface area contributed by atoms with Crippen molar-refractivity contribution in [1.82, 2.24) is 14.9 Å². The summed E-state index contributed by atoms with van der Waals surface area (Å²) in [5.41, 5.74) is 4.89. The Hall–Kier alpha value is -3.27. The lowest BCUT2D eigenvalue weighted by Crippen LogP contribution is -2.59. The second-order valence-electron chi connectivity index (χ2n) is 7.34. The van der Waals surface area contributed by atoms with Crippen molar-refractivity contribution in [2.75, 3.05) is 20.8 Å². The van der Waals surface area contributed by atoms with Crippen LogP contribution in [0, 0.1) is 11.7 Å². The molecular weight excluding hydrogens is 393 g/mol. The molecule has 3 atom stereocenters. The molecule has 9 nitrogen and oxygen atoms in total. The van der Waals surface area contributed by atoms with Gasteiger partial charge < -0.3 is 19.9 Å². The highest BCUT2D eigenvalue weighted by Gasteiger charge is 2.54. The maximum absolute atomic E-state index is 15.0. The van der Waals surface area contributed by atoms with Gasteiger partial charge in [-0.2, -0.15) is 4.98 Å². The number of aliphatic imine (C=N–C) groups is 1. The van der Waals surface area contributed by atoms with E-state index in [0.717, 1.165) is 0 Å². The van der Waals surface area contributed by atoms with Gasteiger partial charge in [-0.25, -0.2) is 9.38 Å². The molecule has 2 aromatic rings. The average molecular weight is 415 g/mol. The summed E-state index contributed by atoms with van der Waals surface area (Å²) in [6.45, 7) is 1.90. The summed E-state index contributed by atoms with van der Waals surface area (Å²) in [4.78, 5) is 26.9. The Balaban J connectivity index is 1.78. The van der Waals surface area contributed by atoms with Gasteiger partial charge >= 0.3 is 0 Å². The molecule has 4 rings (SSSR count). The number of rotatable bonds is 4. The fourth-order valence-electron chi connectivity index (χ4n) is 3.83. The summed E-state index contributed by atoms with van der Waals surface area (Å²) in [5, 5.41) is 0. The van der Waals surface area contributed by atoms with Crippen LogP contribution in [0.2, 0.25) is 0 Å². The minimum absolute atomic E-state index is 0.0128. The van der Waals surface area contributed by atoms with Crippen molar-refractivity contribution < 1.29 is 23.4 Å². The Kier molecular flexibility index (Phi) is 5.02. The second-order valence-corrected chi connectivity index (χ2v) is 7.34. The molecule has 0 radical (unpaired) electrons. The third kappa shape index (κ3) is 3.32. The zero-order chi connectivity index (χ0) is 21.5. The van der Waals surface area contributed by atoms with E-state index < -0.39 is 17.3 Å². The summed E-state index contributed by atoms with van der Waals surface area (Å²) in [7, 11) is 3.02. The predicted molar refractivity (Wildman–Crippen MR) is 105 cm³/mol. The van der Waals surface area contributed by atoms with Crippen LogP contribution in [-0.2, 0) is 15.1 Å². The lowest BCUT2D eigenvalue weighted by molar-refractivity contribution is -0.144. The number of amides is 1. The molecule has 2 N–H and O–H groups in total. The van der Waals surface area contributed by atoms with Gasteiger partial charge in [-0.05, 0) is 31.5 Å². The molecule has 158 valence electrons. The van der Waals surface area contributed by atoms with Crippen LogP contribution in [0.5, 0.6) is 17.5 Å². The SMILES string of the molecule is COc1cncc(Oc2ccc(F)c([C@]34CO[C@@H](C)C[C@H]3C(=O)N(C)C(N)=N4)c2)n1. The topological polar surface area (TPSA) is 112 Å². The first kappa shape index (κ1) is 20.0. The molecule has 0 aliphatic carbocycles. The first-order valence-corrected chi connectivity index (χ1v) is 9.42. The number of halogens is 1. The molecule has 2 aliphatic heterocycles. The Bertz CT molecular complexity index is 1020. The van der Waals surface area contributed by atoms with E-state index in [2.05, 4.69) is 15.0 Å². The number of guanidine groups is 1. The number of methoxy groups -OCH3 is 1. The number of carbonyl (C=O) groups excluding carboxylic acids is 1. The maximum atomic E-state index is 15.0. The van der Waals surface area contributed by atoms with Crippen molar-refractivity contribution in [2.24, 2.45) is 16.6 Å². The highest BCUT2D eigenvalue weighted by molar-refractivity contribution is 6.00. The number of ether oxygens (including phenoxy) is 3. The summed E-state index contributed by atoms with van der Waals surface area (Å²) in [6, 6.07) is 4.22. The van der Waals surface area contributed by atoms with Gasteiger partial charge in [0, 0.05) is 12.6 Å². The molecule has 30 heavy (non-hydrogen) atoms. The highest BCUT2D eigenvalue weighted by Crippen LogP contribution is 2.46. The zero-order valence-corrected chi connectivity index (χ0v) is 16.8. The Morgan fingerprint density at radius 3 is 2.87 bits per heavy atom. The van der Waals surface area contributed by atoms with Gasteiger partial charge in [-0.1, -0.05) is 0 Å². The van der Waals surface area contributed by atoms with Crippen LogP contribution in [-0.4, -0.2) is 53.6 Å². The third-order valence-corrected chi connectivity index (χ3v) is 5.44. The third-order valence-electron chi connectivity index (χ3n) is 5.44. The molecule has 10 heteroatoms. The molecule has 3 heterocycles. The summed E-state index contributed by atoms with van der Waals surface area (Å²) in [6.07, 6.45) is 3.08. The van der Waals surface area contributed by atoms with E-state index in [9.17, 15) is 4.79 Å². The van der Waals surface area contributed by atoms with E-state index in [1.54, 1.807) is 7.05 Å². The monoisotopic (exact) mass is 415 g/mol. The second kappa shape index (κ2) is 7.52. The van der Waals surface area contributed by atoms with E-state index in [0.29, 0.717) is 12.2 Å². The molecule has 1 aromatic carbocycles. The largest absolute Gasteiger partial charge is 0.480 e. The lowest BCUT2D eigenvalue weighted by atomic mass is 9.72. The van der Waals surface area contributed by atoms with Crippen molar-refractivity contribution in [3.63, 3.8) is 0 Å². The summed E-state index contributed by atoms with van der Waals surface area (Å²) >= 11 is 0. The Morgan fingerprint density at radius 2 is 2.10 bits per heavy atom. The number of benzene rings is 1. The van der Waals surface area contributed by atoms with Crippen LogP contribution in [0.1, 0.15) is 18.9 Å². The van der Waals surface area contributed by atoms with Crippen molar-refractivity contribution in [3.8, 4) is 17.5 Å². The number of aromatic nitrogens is 2. The van der Waals surface area contributed by atoms with Crippen molar-refractivity contribution in [1.29, 1.82) is 0 Å². The molecule has 0 unspecified atom stereocenters. The number of hydrogen-bond donors (Lipinski definition) is 1. The summed E-state index contributed by atoms with van der Waals surface area (Å²) in [5.74, 6) is -0.587. The van der Waals surface area contributed by atoms with E-state index in [4.69, 9.17) is 19.9 Å².